The number of nitrogens with one attached hydrogen (secondary N) is 1. The van der Waals surface area contributed by atoms with Gasteiger partial charge in [0.1, 0.15) is 6.54 Å². The fourth-order valence-corrected chi connectivity index (χ4v) is 2.85. The van der Waals surface area contributed by atoms with Crippen LogP contribution in [0.5, 0.6) is 0 Å². The van der Waals surface area contributed by atoms with Crippen LogP contribution in [0.3, 0.4) is 0 Å². The SMILES string of the molecule is O=C(/C=C/c1ccccc1)n1c(Cn2nnc(-c3ccccc3)n2)n[nH]c1=S. The van der Waals surface area contributed by atoms with E-state index in [2.05, 4.69) is 25.6 Å². The third-order valence-corrected chi connectivity index (χ3v) is 4.22. The van der Waals surface area contributed by atoms with Crippen molar-refractivity contribution in [3.8, 4) is 11.4 Å². The molecule has 0 saturated heterocycles. The molecule has 0 fully saturated rings. The number of aromatic amines is 1. The molecule has 0 unspecified atom stereocenters. The lowest BCUT2D eigenvalue weighted by molar-refractivity contribution is 0.0964. The Morgan fingerprint density at radius 1 is 1.07 bits per heavy atom. The fraction of sp³-hybridized carbons (Fsp3) is 0.0526. The van der Waals surface area contributed by atoms with Crippen LogP contribution in [0.15, 0.2) is 66.7 Å². The number of hydrogen-bond donors (Lipinski definition) is 1. The summed E-state index contributed by atoms with van der Waals surface area (Å²) in [7, 11) is 0. The highest BCUT2D eigenvalue weighted by Crippen LogP contribution is 2.12. The number of carbonyl (C=O) groups excluding carboxylic acids is 1. The lowest BCUT2D eigenvalue weighted by Crippen LogP contribution is -2.16. The quantitative estimate of drug-likeness (QED) is 0.417. The van der Waals surface area contributed by atoms with E-state index in [0.717, 1.165) is 11.1 Å². The first kappa shape index (κ1) is 17.7. The maximum Gasteiger partial charge on any atom is 0.258 e. The summed E-state index contributed by atoms with van der Waals surface area (Å²) in [5.74, 6) is 0.585. The van der Waals surface area contributed by atoms with Crippen LogP contribution in [-0.4, -0.2) is 40.9 Å². The minimum atomic E-state index is -0.305. The molecule has 28 heavy (non-hydrogen) atoms. The predicted molar refractivity (Wildman–Crippen MR) is 106 cm³/mol. The van der Waals surface area contributed by atoms with E-state index in [4.69, 9.17) is 12.2 Å². The van der Waals surface area contributed by atoms with Crippen molar-refractivity contribution in [2.24, 2.45) is 0 Å². The molecule has 0 aliphatic carbocycles. The number of rotatable bonds is 5. The number of carbonyl (C=O) groups is 1. The monoisotopic (exact) mass is 389 g/mol. The van der Waals surface area contributed by atoms with Crippen molar-refractivity contribution in [2.75, 3.05) is 0 Å². The van der Waals surface area contributed by atoms with Crippen molar-refractivity contribution < 1.29 is 4.79 Å². The van der Waals surface area contributed by atoms with Crippen LogP contribution >= 0.6 is 12.2 Å². The molecule has 4 aromatic rings. The Bertz CT molecular complexity index is 1180. The average Bonchev–Trinajstić information content (AvgIpc) is 3.35. The highest BCUT2D eigenvalue weighted by Gasteiger charge is 2.14. The Kier molecular flexibility index (Phi) is 4.98. The normalized spacial score (nSPS) is 11.1. The molecule has 9 heteroatoms. The van der Waals surface area contributed by atoms with Crippen molar-refractivity contribution in [1.29, 1.82) is 0 Å². The zero-order chi connectivity index (χ0) is 19.3. The molecular formula is C19H15N7OS. The van der Waals surface area contributed by atoms with Crippen LogP contribution in [0.1, 0.15) is 16.2 Å². The molecule has 0 aliphatic heterocycles. The summed E-state index contributed by atoms with van der Waals surface area (Å²) in [5, 5.41) is 19.2. The maximum atomic E-state index is 12.6. The first-order valence-corrected chi connectivity index (χ1v) is 8.88. The van der Waals surface area contributed by atoms with Crippen molar-refractivity contribution in [2.45, 2.75) is 6.54 Å². The molecule has 0 saturated carbocycles. The largest absolute Gasteiger partial charge is 0.269 e. The minimum Gasteiger partial charge on any atom is -0.269 e. The molecule has 2 aromatic carbocycles. The van der Waals surface area contributed by atoms with Gasteiger partial charge in [0, 0.05) is 11.6 Å². The molecule has 138 valence electrons. The number of nitrogens with zero attached hydrogens (tertiary/aromatic N) is 6. The van der Waals surface area contributed by atoms with Gasteiger partial charge in [-0.2, -0.15) is 9.90 Å². The minimum absolute atomic E-state index is 0.151. The molecule has 2 heterocycles. The maximum absolute atomic E-state index is 12.6. The van der Waals surface area contributed by atoms with Gasteiger partial charge in [-0.05, 0) is 29.1 Å². The van der Waals surface area contributed by atoms with E-state index in [1.807, 2.05) is 60.7 Å². The highest BCUT2D eigenvalue weighted by molar-refractivity contribution is 7.71. The predicted octanol–water partition coefficient (Wildman–Crippen LogP) is 3.00. The van der Waals surface area contributed by atoms with Gasteiger partial charge in [0.05, 0.1) is 0 Å². The Labute approximate surface area is 165 Å². The lowest BCUT2D eigenvalue weighted by atomic mass is 10.2. The summed E-state index contributed by atoms with van der Waals surface area (Å²) in [6, 6.07) is 19.0. The molecule has 0 amide bonds. The first-order valence-electron chi connectivity index (χ1n) is 8.48. The number of benzene rings is 2. The van der Waals surface area contributed by atoms with Crippen molar-refractivity contribution in [3.63, 3.8) is 0 Å². The molecule has 0 aliphatic rings. The van der Waals surface area contributed by atoms with Crippen LogP contribution in [0.2, 0.25) is 0 Å². The standard InChI is InChI=1S/C19H15N7OS/c27-17(12-11-14-7-3-1-4-8-14)26-16(20-22-19(26)28)13-25-23-18(21-24-25)15-9-5-2-6-10-15/h1-12H,13H2,(H,22,28)/b12-11+. The number of hydrogen-bond acceptors (Lipinski definition) is 6. The van der Waals surface area contributed by atoms with Gasteiger partial charge in [-0.1, -0.05) is 60.7 Å². The zero-order valence-electron chi connectivity index (χ0n) is 14.6. The summed E-state index contributed by atoms with van der Waals surface area (Å²) >= 11 is 5.20. The second-order valence-electron chi connectivity index (χ2n) is 5.87. The van der Waals surface area contributed by atoms with E-state index < -0.39 is 0 Å². The van der Waals surface area contributed by atoms with Gasteiger partial charge in [-0.25, -0.2) is 4.57 Å². The molecule has 1 N–H and O–H groups in total. The number of H-pyrrole nitrogens is 1. The van der Waals surface area contributed by atoms with E-state index in [-0.39, 0.29) is 17.2 Å². The van der Waals surface area contributed by atoms with E-state index in [1.54, 1.807) is 6.08 Å². The molecule has 0 atom stereocenters. The van der Waals surface area contributed by atoms with Gasteiger partial charge in [0.25, 0.3) is 5.91 Å². The second kappa shape index (κ2) is 7.89. The second-order valence-corrected chi connectivity index (χ2v) is 6.26. The van der Waals surface area contributed by atoms with E-state index in [9.17, 15) is 4.79 Å². The molecule has 4 rings (SSSR count). The summed E-state index contributed by atoms with van der Waals surface area (Å²) in [6.45, 7) is 0.151. The van der Waals surface area contributed by atoms with Crippen molar-refractivity contribution in [3.05, 3.63) is 82.9 Å². The third kappa shape index (κ3) is 3.84. The van der Waals surface area contributed by atoms with Crippen LogP contribution < -0.4 is 0 Å². The number of tetrazole rings is 1. The Morgan fingerprint density at radius 2 is 1.79 bits per heavy atom. The third-order valence-electron chi connectivity index (χ3n) is 3.95. The molecular weight excluding hydrogens is 374 g/mol. The highest BCUT2D eigenvalue weighted by atomic mass is 32.1. The van der Waals surface area contributed by atoms with Crippen molar-refractivity contribution >= 4 is 24.2 Å². The van der Waals surface area contributed by atoms with Crippen LogP contribution in [-0.2, 0) is 6.54 Å². The lowest BCUT2D eigenvalue weighted by Gasteiger charge is -2.01. The van der Waals surface area contributed by atoms with Gasteiger partial charge in [0.2, 0.25) is 10.6 Å². The molecule has 2 aromatic heterocycles. The molecule has 0 radical (unpaired) electrons. The Morgan fingerprint density at radius 3 is 2.54 bits per heavy atom. The van der Waals surface area contributed by atoms with Gasteiger partial charge < -0.3 is 0 Å². The zero-order valence-corrected chi connectivity index (χ0v) is 15.5. The summed E-state index contributed by atoms with van der Waals surface area (Å²) in [4.78, 5) is 14.0. The topological polar surface area (TPSA) is 94.3 Å². The van der Waals surface area contributed by atoms with E-state index in [0.29, 0.717) is 11.6 Å². The Hall–Kier alpha value is -3.72. The van der Waals surface area contributed by atoms with Crippen LogP contribution in [0.25, 0.3) is 17.5 Å². The molecule has 0 spiro atoms. The number of aromatic nitrogens is 7. The summed E-state index contributed by atoms with van der Waals surface area (Å²) in [6.07, 6.45) is 3.18. The van der Waals surface area contributed by atoms with Crippen LogP contribution in [0.4, 0.5) is 0 Å². The van der Waals surface area contributed by atoms with Gasteiger partial charge in [-0.15, -0.1) is 10.2 Å². The smallest absolute Gasteiger partial charge is 0.258 e. The Balaban J connectivity index is 1.56. The van der Waals surface area contributed by atoms with E-state index in [1.165, 1.54) is 15.4 Å². The van der Waals surface area contributed by atoms with Gasteiger partial charge >= 0.3 is 0 Å². The molecule has 8 nitrogen and oxygen atoms in total. The first-order chi connectivity index (χ1) is 13.7. The summed E-state index contributed by atoms with van der Waals surface area (Å²) in [5.41, 5.74) is 1.77. The van der Waals surface area contributed by atoms with Gasteiger partial charge in [-0.3, -0.25) is 9.89 Å². The average molecular weight is 389 g/mol. The number of allylic oxidation sites excluding steroid dienone is 1. The van der Waals surface area contributed by atoms with Gasteiger partial charge in [0.15, 0.2) is 5.82 Å². The molecule has 0 bridgehead atoms. The van der Waals surface area contributed by atoms with Crippen molar-refractivity contribution in [1.82, 2.24) is 35.0 Å². The fourth-order valence-electron chi connectivity index (χ4n) is 2.61. The van der Waals surface area contributed by atoms with E-state index >= 15 is 0 Å². The summed E-state index contributed by atoms with van der Waals surface area (Å²) < 4.78 is 1.53. The van der Waals surface area contributed by atoms with Crippen LogP contribution in [0, 0.1) is 4.77 Å².